The maximum Gasteiger partial charge on any atom is 0.317 e. The van der Waals surface area contributed by atoms with Crippen LogP contribution < -0.4 is 5.32 Å². The Kier molecular flexibility index (Phi) is 5.76. The van der Waals surface area contributed by atoms with E-state index in [1.54, 1.807) is 11.9 Å². The van der Waals surface area contributed by atoms with Gasteiger partial charge in [-0.3, -0.25) is 0 Å². The second-order valence-electron chi connectivity index (χ2n) is 6.34. The molecule has 2 rings (SSSR count). The molecule has 2 amide bonds. The molecule has 0 aromatic carbocycles. The number of nitrogens with one attached hydrogen (secondary N) is 1. The van der Waals surface area contributed by atoms with Crippen molar-refractivity contribution in [3.63, 3.8) is 0 Å². The van der Waals surface area contributed by atoms with Gasteiger partial charge in [0.15, 0.2) is 5.82 Å². The summed E-state index contributed by atoms with van der Waals surface area (Å²) in [5.41, 5.74) is 0. The third-order valence-corrected chi connectivity index (χ3v) is 4.29. The maximum atomic E-state index is 12.0. The Morgan fingerprint density at radius 3 is 2.73 bits per heavy atom. The lowest BCUT2D eigenvalue weighted by atomic mass is 9.85. The molecule has 1 aromatic heterocycles. The molecule has 1 N–H and O–H groups in total. The van der Waals surface area contributed by atoms with Crippen LogP contribution in [0.3, 0.4) is 0 Å². The molecule has 0 radical (unpaired) electrons. The number of carbonyl (C=O) groups excluding carboxylic acids is 1. The summed E-state index contributed by atoms with van der Waals surface area (Å²) in [6.07, 6.45) is 3.48. The van der Waals surface area contributed by atoms with Crippen molar-refractivity contribution in [1.82, 2.24) is 25.3 Å². The minimum atomic E-state index is -0.118. The molecular weight excluding hydrogens is 282 g/mol. The summed E-state index contributed by atoms with van der Waals surface area (Å²) in [6.45, 7) is 6.07. The number of amides is 2. The number of urea groups is 1. The van der Waals surface area contributed by atoms with E-state index < -0.39 is 0 Å². The van der Waals surface area contributed by atoms with Crippen molar-refractivity contribution >= 4 is 6.03 Å². The summed E-state index contributed by atoms with van der Waals surface area (Å²) in [4.78, 5) is 20.2. The van der Waals surface area contributed by atoms with Gasteiger partial charge in [-0.25, -0.2) is 4.79 Å². The predicted molar refractivity (Wildman–Crippen MR) is 83.5 cm³/mol. The molecule has 1 fully saturated rings. The third-order valence-electron chi connectivity index (χ3n) is 4.29. The Labute approximate surface area is 132 Å². The van der Waals surface area contributed by atoms with Gasteiger partial charge in [0.05, 0.1) is 6.54 Å². The fraction of sp³-hybridized carbons (Fsp3) is 0.800. The van der Waals surface area contributed by atoms with Crippen molar-refractivity contribution in [2.75, 3.05) is 27.2 Å². The van der Waals surface area contributed by atoms with Crippen LogP contribution in [0.15, 0.2) is 4.52 Å². The molecule has 1 saturated carbocycles. The molecule has 0 aliphatic heterocycles. The van der Waals surface area contributed by atoms with Gasteiger partial charge in [-0.2, -0.15) is 4.98 Å². The van der Waals surface area contributed by atoms with E-state index in [2.05, 4.69) is 34.2 Å². The molecule has 22 heavy (non-hydrogen) atoms. The van der Waals surface area contributed by atoms with E-state index in [0.29, 0.717) is 36.8 Å². The summed E-state index contributed by atoms with van der Waals surface area (Å²) in [6, 6.07) is 0.353. The lowest BCUT2D eigenvalue weighted by Gasteiger charge is -2.22. The number of rotatable bonds is 7. The highest BCUT2D eigenvalue weighted by atomic mass is 16.5. The first-order chi connectivity index (χ1) is 10.5. The highest BCUT2D eigenvalue weighted by molar-refractivity contribution is 5.73. The molecule has 7 nitrogen and oxygen atoms in total. The van der Waals surface area contributed by atoms with Crippen LogP contribution in [-0.2, 0) is 6.54 Å². The Bertz CT molecular complexity index is 484. The first-order valence-corrected chi connectivity index (χ1v) is 7.99. The van der Waals surface area contributed by atoms with E-state index in [4.69, 9.17) is 4.52 Å². The number of likely N-dealkylation sites (N-methyl/N-ethyl adjacent to an activating group) is 1. The van der Waals surface area contributed by atoms with E-state index in [-0.39, 0.29) is 6.03 Å². The lowest BCUT2D eigenvalue weighted by Crippen LogP contribution is -2.41. The molecule has 1 aliphatic rings. The average molecular weight is 309 g/mol. The number of nitrogens with zero attached hydrogens (tertiary/aromatic N) is 4. The monoisotopic (exact) mass is 309 g/mol. The molecule has 7 heteroatoms. The largest absolute Gasteiger partial charge is 0.339 e. The number of hydrogen-bond acceptors (Lipinski definition) is 5. The lowest BCUT2D eigenvalue weighted by molar-refractivity contribution is 0.201. The van der Waals surface area contributed by atoms with Crippen molar-refractivity contribution in [2.24, 2.45) is 0 Å². The summed E-state index contributed by atoms with van der Waals surface area (Å²) in [5, 5.41) is 6.86. The minimum absolute atomic E-state index is 0.118. The normalized spacial score (nSPS) is 15.2. The van der Waals surface area contributed by atoms with Crippen LogP contribution in [0.2, 0.25) is 0 Å². The molecular formula is C15H27N5O2. The molecule has 124 valence electrons. The van der Waals surface area contributed by atoms with Crippen molar-refractivity contribution in [1.29, 1.82) is 0 Å². The molecule has 1 heterocycles. The summed E-state index contributed by atoms with van der Waals surface area (Å²) >= 11 is 0. The van der Waals surface area contributed by atoms with Gasteiger partial charge in [-0.05, 0) is 33.7 Å². The van der Waals surface area contributed by atoms with Gasteiger partial charge in [-0.15, -0.1) is 0 Å². The second-order valence-corrected chi connectivity index (χ2v) is 6.34. The van der Waals surface area contributed by atoms with Gasteiger partial charge in [-0.1, -0.05) is 11.6 Å². The number of carbonyl (C=O) groups is 1. The summed E-state index contributed by atoms with van der Waals surface area (Å²) in [5.74, 6) is 1.71. The standard InChI is InChI=1S/C15H27N5O2/c1-11(2)19(3)9-8-16-15(21)20(4)10-13-17-14(22-18-13)12-6-5-7-12/h11-12H,5-10H2,1-4H3,(H,16,21). The Morgan fingerprint density at radius 2 is 2.14 bits per heavy atom. The summed E-state index contributed by atoms with van der Waals surface area (Å²) < 4.78 is 5.26. The fourth-order valence-corrected chi connectivity index (χ4v) is 2.17. The van der Waals surface area contributed by atoms with E-state index in [9.17, 15) is 4.79 Å². The van der Waals surface area contributed by atoms with E-state index >= 15 is 0 Å². The molecule has 0 unspecified atom stereocenters. The minimum Gasteiger partial charge on any atom is -0.339 e. The second kappa shape index (κ2) is 7.58. The highest BCUT2D eigenvalue weighted by Gasteiger charge is 2.25. The Morgan fingerprint density at radius 1 is 1.41 bits per heavy atom. The van der Waals surface area contributed by atoms with Gasteiger partial charge >= 0.3 is 6.03 Å². The number of aromatic nitrogens is 2. The first kappa shape index (κ1) is 16.7. The predicted octanol–water partition coefficient (Wildman–Crippen LogP) is 1.82. The zero-order valence-electron chi connectivity index (χ0n) is 14.0. The quantitative estimate of drug-likeness (QED) is 0.831. The Balaban J connectivity index is 1.72. The van der Waals surface area contributed by atoms with Crippen LogP contribution in [0.4, 0.5) is 4.79 Å². The molecule has 1 aliphatic carbocycles. The van der Waals surface area contributed by atoms with E-state index in [1.807, 2.05) is 7.05 Å². The smallest absolute Gasteiger partial charge is 0.317 e. The summed E-state index contributed by atoms with van der Waals surface area (Å²) in [7, 11) is 3.78. The third kappa shape index (κ3) is 4.43. The number of hydrogen-bond donors (Lipinski definition) is 1. The van der Waals surface area contributed by atoms with Crippen LogP contribution in [-0.4, -0.2) is 59.2 Å². The van der Waals surface area contributed by atoms with Gasteiger partial charge in [0.25, 0.3) is 0 Å². The van der Waals surface area contributed by atoms with Crippen molar-refractivity contribution in [3.05, 3.63) is 11.7 Å². The Hall–Kier alpha value is -1.63. The van der Waals surface area contributed by atoms with Gasteiger partial charge < -0.3 is 19.6 Å². The fourth-order valence-electron chi connectivity index (χ4n) is 2.17. The van der Waals surface area contributed by atoms with Crippen LogP contribution >= 0.6 is 0 Å². The molecule has 1 aromatic rings. The van der Waals surface area contributed by atoms with Crippen LogP contribution in [0.1, 0.15) is 50.7 Å². The molecule has 0 saturated heterocycles. The van der Waals surface area contributed by atoms with Crippen LogP contribution in [0.25, 0.3) is 0 Å². The van der Waals surface area contributed by atoms with Crippen molar-refractivity contribution in [2.45, 2.75) is 51.6 Å². The topological polar surface area (TPSA) is 74.5 Å². The van der Waals surface area contributed by atoms with Crippen molar-refractivity contribution < 1.29 is 9.32 Å². The van der Waals surface area contributed by atoms with E-state index in [1.165, 1.54) is 6.42 Å². The zero-order valence-corrected chi connectivity index (χ0v) is 14.0. The van der Waals surface area contributed by atoms with Crippen LogP contribution in [0.5, 0.6) is 0 Å². The molecule has 0 atom stereocenters. The maximum absolute atomic E-state index is 12.0. The zero-order chi connectivity index (χ0) is 16.1. The van der Waals surface area contributed by atoms with Crippen molar-refractivity contribution in [3.8, 4) is 0 Å². The molecule has 0 spiro atoms. The molecule has 0 bridgehead atoms. The van der Waals surface area contributed by atoms with Crippen LogP contribution in [0, 0.1) is 0 Å². The van der Waals surface area contributed by atoms with Gasteiger partial charge in [0.2, 0.25) is 5.89 Å². The first-order valence-electron chi connectivity index (χ1n) is 7.99. The SMILES string of the molecule is CC(C)N(C)CCNC(=O)N(C)Cc1noc(C2CCC2)n1. The van der Waals surface area contributed by atoms with Gasteiger partial charge in [0.1, 0.15) is 0 Å². The van der Waals surface area contributed by atoms with E-state index in [0.717, 1.165) is 19.4 Å². The van der Waals surface area contributed by atoms with Gasteiger partial charge in [0, 0.05) is 32.1 Å². The average Bonchev–Trinajstić information content (AvgIpc) is 2.84. The highest BCUT2D eigenvalue weighted by Crippen LogP contribution is 2.35.